The molecule has 38 heavy (non-hydrogen) atoms. The number of aromatic nitrogens is 1. The average molecular weight is 563 g/mol. The minimum Gasteiger partial charge on any atom is -0.437 e. The maximum absolute atomic E-state index is 13.4. The van der Waals surface area contributed by atoms with Gasteiger partial charge in [-0.2, -0.15) is 13.2 Å². The van der Waals surface area contributed by atoms with E-state index in [1.165, 1.54) is 36.4 Å². The molecule has 12 heteroatoms. The Bertz CT molecular complexity index is 1600. The molecule has 0 unspecified atom stereocenters. The van der Waals surface area contributed by atoms with Crippen molar-refractivity contribution in [2.24, 2.45) is 0 Å². The molecule has 0 aliphatic rings. The van der Waals surface area contributed by atoms with Gasteiger partial charge in [-0.15, -0.1) is 0 Å². The summed E-state index contributed by atoms with van der Waals surface area (Å²) in [6.07, 6.45) is -5.06. The molecule has 7 nitrogen and oxygen atoms in total. The Labute approximate surface area is 220 Å². The fourth-order valence-electron chi connectivity index (χ4n) is 3.29. The molecule has 0 aliphatic carbocycles. The van der Waals surface area contributed by atoms with Crippen molar-refractivity contribution in [3.8, 4) is 17.4 Å². The second kappa shape index (κ2) is 10.7. The summed E-state index contributed by atoms with van der Waals surface area (Å²) in [5.74, 6) is -0.812. The fourth-order valence-corrected chi connectivity index (χ4v) is 4.91. The maximum Gasteiger partial charge on any atom is 0.417 e. The molecule has 1 N–H and O–H groups in total. The van der Waals surface area contributed by atoms with Crippen LogP contribution >= 0.6 is 11.6 Å². The van der Waals surface area contributed by atoms with E-state index < -0.39 is 37.6 Å². The number of hydrogen-bond donors (Lipinski definition) is 1. The number of benzene rings is 3. The Hall–Kier alpha value is -4.09. The van der Waals surface area contributed by atoms with Crippen molar-refractivity contribution in [3.05, 3.63) is 101 Å². The number of rotatable bonds is 6. The van der Waals surface area contributed by atoms with Gasteiger partial charge in [0.05, 0.1) is 10.5 Å². The van der Waals surface area contributed by atoms with Crippen molar-refractivity contribution in [1.29, 1.82) is 0 Å². The zero-order valence-electron chi connectivity index (χ0n) is 19.5. The summed E-state index contributed by atoms with van der Waals surface area (Å²) in [6, 6.07) is 18.4. The van der Waals surface area contributed by atoms with E-state index >= 15 is 0 Å². The summed E-state index contributed by atoms with van der Waals surface area (Å²) in [6.45, 7) is 1.77. The molecule has 0 radical (unpaired) electrons. The third kappa shape index (κ3) is 6.06. The molecule has 0 aliphatic heterocycles. The van der Waals surface area contributed by atoms with Crippen LogP contribution in [0.5, 0.6) is 17.4 Å². The van der Waals surface area contributed by atoms with E-state index in [2.05, 4.69) is 10.3 Å². The lowest BCUT2D eigenvalue weighted by Crippen LogP contribution is -2.19. The van der Waals surface area contributed by atoms with Gasteiger partial charge in [-0.05, 0) is 48.9 Å². The van der Waals surface area contributed by atoms with Gasteiger partial charge < -0.3 is 9.47 Å². The third-order valence-corrected chi connectivity index (χ3v) is 7.25. The summed E-state index contributed by atoms with van der Waals surface area (Å²) >= 11 is 5.92. The van der Waals surface area contributed by atoms with E-state index in [1.807, 2.05) is 0 Å². The molecular formula is C26H18ClF3N2O5S. The zero-order valence-corrected chi connectivity index (χ0v) is 21.1. The van der Waals surface area contributed by atoms with Gasteiger partial charge in [0, 0.05) is 18.0 Å². The van der Waals surface area contributed by atoms with Crippen LogP contribution < -0.4 is 14.8 Å². The standard InChI is InChI=1S/C26H18ClF3N2O5S/c1-16-7-5-6-10-21(16)32-25(33)37-22-12-11-18(14-23(22)38(34,35)19-8-3-2-4-9-19)36-24-20(27)13-17(15-31-24)26(28,29)30/h2-15H,1H3,(H,32,33). The molecule has 0 saturated heterocycles. The number of aryl methyl sites for hydroxylation is 1. The molecule has 0 bridgehead atoms. The fraction of sp³-hybridized carbons (Fsp3) is 0.0769. The van der Waals surface area contributed by atoms with Crippen LogP contribution in [-0.2, 0) is 16.0 Å². The first-order chi connectivity index (χ1) is 17.9. The number of pyridine rings is 1. The molecule has 1 heterocycles. The summed E-state index contributed by atoms with van der Waals surface area (Å²) < 4.78 is 76.5. The second-order valence-electron chi connectivity index (χ2n) is 7.87. The number of hydrogen-bond acceptors (Lipinski definition) is 6. The minimum atomic E-state index is -4.66. The van der Waals surface area contributed by atoms with Crippen LogP contribution in [0.25, 0.3) is 0 Å². The number of nitrogens with zero attached hydrogens (tertiary/aromatic N) is 1. The van der Waals surface area contributed by atoms with Crippen molar-refractivity contribution in [3.63, 3.8) is 0 Å². The summed E-state index contributed by atoms with van der Waals surface area (Å²) in [5, 5.41) is 2.11. The SMILES string of the molecule is Cc1ccccc1NC(=O)Oc1ccc(Oc2ncc(C(F)(F)F)cc2Cl)cc1S(=O)(=O)c1ccccc1. The Kier molecular flexibility index (Phi) is 7.61. The Balaban J connectivity index is 1.70. The van der Waals surface area contributed by atoms with Gasteiger partial charge in [0.1, 0.15) is 15.7 Å². The highest BCUT2D eigenvalue weighted by Crippen LogP contribution is 2.37. The van der Waals surface area contributed by atoms with Crippen molar-refractivity contribution >= 4 is 33.2 Å². The van der Waals surface area contributed by atoms with Gasteiger partial charge in [0.25, 0.3) is 0 Å². The predicted octanol–water partition coefficient (Wildman–Crippen LogP) is 7.30. The van der Waals surface area contributed by atoms with E-state index in [4.69, 9.17) is 21.1 Å². The Morgan fingerprint density at radius 2 is 1.66 bits per heavy atom. The van der Waals surface area contributed by atoms with Crippen molar-refractivity contribution in [2.45, 2.75) is 22.9 Å². The Morgan fingerprint density at radius 1 is 0.974 bits per heavy atom. The number of nitrogens with one attached hydrogen (secondary N) is 1. The van der Waals surface area contributed by atoms with Crippen molar-refractivity contribution in [1.82, 2.24) is 4.98 Å². The third-order valence-electron chi connectivity index (χ3n) is 5.19. The van der Waals surface area contributed by atoms with E-state index in [0.717, 1.165) is 11.6 Å². The van der Waals surface area contributed by atoms with Gasteiger partial charge in [0.2, 0.25) is 15.7 Å². The number of carbonyl (C=O) groups is 1. The molecular weight excluding hydrogens is 545 g/mol. The van der Waals surface area contributed by atoms with Gasteiger partial charge in [0.15, 0.2) is 5.75 Å². The number of halogens is 4. The molecule has 0 fully saturated rings. The van der Waals surface area contributed by atoms with Crippen LogP contribution in [0.2, 0.25) is 5.02 Å². The first kappa shape index (κ1) is 27.0. The summed E-state index contributed by atoms with van der Waals surface area (Å²) in [7, 11) is -4.23. The van der Waals surface area contributed by atoms with Crippen LogP contribution in [0.3, 0.4) is 0 Å². The minimum absolute atomic E-state index is 0.0907. The monoisotopic (exact) mass is 562 g/mol. The van der Waals surface area contributed by atoms with Crippen molar-refractivity contribution in [2.75, 3.05) is 5.32 Å². The lowest BCUT2D eigenvalue weighted by Gasteiger charge is -2.15. The molecule has 0 spiro atoms. The van der Waals surface area contributed by atoms with Gasteiger partial charge in [-0.25, -0.2) is 18.2 Å². The predicted molar refractivity (Wildman–Crippen MR) is 133 cm³/mol. The van der Waals surface area contributed by atoms with Crippen LogP contribution in [0.4, 0.5) is 23.7 Å². The topological polar surface area (TPSA) is 94.6 Å². The smallest absolute Gasteiger partial charge is 0.417 e. The molecule has 1 amide bonds. The van der Waals surface area contributed by atoms with Crippen LogP contribution in [0.15, 0.2) is 94.9 Å². The maximum atomic E-state index is 13.4. The zero-order chi connectivity index (χ0) is 27.5. The molecule has 4 rings (SSSR count). The molecule has 1 aromatic heterocycles. The number of anilines is 1. The second-order valence-corrected chi connectivity index (χ2v) is 10.2. The van der Waals surface area contributed by atoms with Gasteiger partial charge in [-0.1, -0.05) is 48.0 Å². The number of sulfone groups is 1. The van der Waals surface area contributed by atoms with Crippen LogP contribution in [-0.4, -0.2) is 19.5 Å². The van der Waals surface area contributed by atoms with E-state index in [0.29, 0.717) is 18.0 Å². The highest BCUT2D eigenvalue weighted by atomic mass is 35.5. The first-order valence-electron chi connectivity index (χ1n) is 10.8. The quantitative estimate of drug-likeness (QED) is 0.265. The lowest BCUT2D eigenvalue weighted by atomic mass is 10.2. The lowest BCUT2D eigenvalue weighted by molar-refractivity contribution is -0.137. The van der Waals surface area contributed by atoms with E-state index in [9.17, 15) is 26.4 Å². The van der Waals surface area contributed by atoms with E-state index in [1.54, 1.807) is 37.3 Å². The molecule has 0 saturated carbocycles. The van der Waals surface area contributed by atoms with Crippen molar-refractivity contribution < 1.29 is 35.9 Å². The number of alkyl halides is 3. The molecule has 4 aromatic rings. The normalized spacial score (nSPS) is 11.6. The van der Waals surface area contributed by atoms with Gasteiger partial charge >= 0.3 is 12.3 Å². The molecule has 3 aromatic carbocycles. The summed E-state index contributed by atoms with van der Waals surface area (Å²) in [4.78, 5) is 15.7. The average Bonchev–Trinajstić information content (AvgIpc) is 2.87. The molecule has 0 atom stereocenters. The van der Waals surface area contributed by atoms with E-state index in [-0.39, 0.29) is 22.3 Å². The number of para-hydroxylation sites is 1. The largest absolute Gasteiger partial charge is 0.437 e. The highest BCUT2D eigenvalue weighted by Gasteiger charge is 2.32. The Morgan fingerprint density at radius 3 is 2.32 bits per heavy atom. The summed E-state index contributed by atoms with van der Waals surface area (Å²) in [5.41, 5.74) is 0.143. The van der Waals surface area contributed by atoms with Gasteiger partial charge in [-0.3, -0.25) is 5.32 Å². The highest BCUT2D eigenvalue weighted by molar-refractivity contribution is 7.91. The van der Waals surface area contributed by atoms with Crippen LogP contribution in [0, 0.1) is 6.92 Å². The number of ether oxygens (including phenoxy) is 2. The number of carbonyl (C=O) groups excluding carboxylic acids is 1. The molecule has 196 valence electrons. The van der Waals surface area contributed by atoms with Crippen LogP contribution in [0.1, 0.15) is 11.1 Å². The first-order valence-corrected chi connectivity index (χ1v) is 12.7. The number of amides is 1.